The zero-order valence-corrected chi connectivity index (χ0v) is 19.3. The van der Waals surface area contributed by atoms with E-state index in [0.29, 0.717) is 18.7 Å². The van der Waals surface area contributed by atoms with Gasteiger partial charge < -0.3 is 20.7 Å². The summed E-state index contributed by atoms with van der Waals surface area (Å²) in [5.74, 6) is 0.104. The van der Waals surface area contributed by atoms with E-state index in [4.69, 9.17) is 4.74 Å². The summed E-state index contributed by atoms with van der Waals surface area (Å²) >= 11 is 0. The molecule has 6 nitrogen and oxygen atoms in total. The molecule has 2 atom stereocenters. The maximum absolute atomic E-state index is 13.1. The van der Waals surface area contributed by atoms with Gasteiger partial charge in [-0.1, -0.05) is 55.0 Å². The predicted molar refractivity (Wildman–Crippen MR) is 132 cm³/mol. The highest BCUT2D eigenvalue weighted by molar-refractivity contribution is 5.98. The van der Waals surface area contributed by atoms with Crippen molar-refractivity contribution in [2.45, 2.75) is 25.8 Å². The van der Waals surface area contributed by atoms with E-state index in [1.807, 2.05) is 86.6 Å². The van der Waals surface area contributed by atoms with Crippen LogP contribution >= 0.6 is 0 Å². The van der Waals surface area contributed by atoms with Crippen molar-refractivity contribution in [3.8, 4) is 5.75 Å². The molecule has 172 valence electrons. The summed E-state index contributed by atoms with van der Waals surface area (Å²) in [6.45, 7) is 4.86. The van der Waals surface area contributed by atoms with Crippen molar-refractivity contribution in [3.63, 3.8) is 0 Å². The van der Waals surface area contributed by atoms with Crippen LogP contribution in [-0.4, -0.2) is 38.1 Å². The van der Waals surface area contributed by atoms with Gasteiger partial charge >= 0.3 is 0 Å². The average molecular weight is 446 g/mol. The number of ether oxygens (including phenoxy) is 1. The highest BCUT2D eigenvalue weighted by Gasteiger charge is 2.28. The number of carbonyl (C=O) groups excluding carboxylic acids is 2. The number of aryl methyl sites for hydroxylation is 1. The van der Waals surface area contributed by atoms with Gasteiger partial charge in [-0.2, -0.15) is 0 Å². The van der Waals surface area contributed by atoms with Crippen molar-refractivity contribution in [2.75, 3.05) is 25.5 Å². The van der Waals surface area contributed by atoms with Crippen LogP contribution in [0.3, 0.4) is 0 Å². The molecule has 3 aromatic carbocycles. The molecule has 0 saturated carbocycles. The van der Waals surface area contributed by atoms with E-state index < -0.39 is 6.04 Å². The van der Waals surface area contributed by atoms with E-state index in [9.17, 15) is 9.59 Å². The van der Waals surface area contributed by atoms with Crippen LogP contribution in [0.1, 0.15) is 34.3 Å². The molecule has 3 N–H and O–H groups in total. The molecule has 0 radical (unpaired) electrons. The number of nitrogens with one attached hydrogen (secondary N) is 3. The first kappa shape index (κ1) is 23.9. The van der Waals surface area contributed by atoms with Gasteiger partial charge in [-0.15, -0.1) is 0 Å². The van der Waals surface area contributed by atoms with Crippen LogP contribution in [0.2, 0.25) is 0 Å². The summed E-state index contributed by atoms with van der Waals surface area (Å²) in [7, 11) is 1.63. The fourth-order valence-electron chi connectivity index (χ4n) is 3.59. The van der Waals surface area contributed by atoms with E-state index in [2.05, 4.69) is 16.0 Å². The van der Waals surface area contributed by atoms with Gasteiger partial charge in [-0.3, -0.25) is 9.59 Å². The Morgan fingerprint density at radius 2 is 1.64 bits per heavy atom. The maximum Gasteiger partial charge on any atom is 0.251 e. The summed E-state index contributed by atoms with van der Waals surface area (Å²) < 4.78 is 5.16. The second-order valence-electron chi connectivity index (χ2n) is 7.97. The van der Waals surface area contributed by atoms with E-state index in [1.54, 1.807) is 13.2 Å². The van der Waals surface area contributed by atoms with Crippen molar-refractivity contribution in [3.05, 3.63) is 95.6 Å². The number of amides is 2. The van der Waals surface area contributed by atoms with Crippen LogP contribution in [0.5, 0.6) is 5.75 Å². The van der Waals surface area contributed by atoms with E-state index in [1.165, 1.54) is 0 Å². The molecule has 2 unspecified atom stereocenters. The minimum absolute atomic E-state index is 0.200. The Balaban J connectivity index is 1.64. The lowest BCUT2D eigenvalue weighted by molar-refractivity contribution is -0.123. The number of carbonyl (C=O) groups is 2. The molecule has 0 aliphatic heterocycles. The summed E-state index contributed by atoms with van der Waals surface area (Å²) in [5, 5.41) is 9.16. The molecule has 2 amide bonds. The van der Waals surface area contributed by atoms with Crippen LogP contribution in [0.4, 0.5) is 5.69 Å². The minimum atomic E-state index is -0.707. The van der Waals surface area contributed by atoms with Crippen molar-refractivity contribution in [2.24, 2.45) is 0 Å². The summed E-state index contributed by atoms with van der Waals surface area (Å²) in [6, 6.07) is 24.0. The lowest BCUT2D eigenvalue weighted by Crippen LogP contribution is -2.50. The topological polar surface area (TPSA) is 79.5 Å². The number of anilines is 1. The largest absolute Gasteiger partial charge is 0.497 e. The van der Waals surface area contributed by atoms with E-state index >= 15 is 0 Å². The predicted octanol–water partition coefficient (Wildman–Crippen LogP) is 4.13. The quantitative estimate of drug-likeness (QED) is 0.410. The minimum Gasteiger partial charge on any atom is -0.497 e. The Labute approximate surface area is 195 Å². The van der Waals surface area contributed by atoms with Gasteiger partial charge in [-0.05, 0) is 48.9 Å². The normalized spacial score (nSPS) is 12.3. The third-order valence-corrected chi connectivity index (χ3v) is 5.52. The van der Waals surface area contributed by atoms with Crippen molar-refractivity contribution in [1.29, 1.82) is 0 Å². The molecule has 6 heteroatoms. The third kappa shape index (κ3) is 6.84. The number of hydrogen-bond acceptors (Lipinski definition) is 4. The second kappa shape index (κ2) is 11.7. The molecule has 33 heavy (non-hydrogen) atoms. The third-order valence-electron chi connectivity index (χ3n) is 5.52. The molecule has 3 aromatic rings. The molecule has 0 saturated heterocycles. The Kier molecular flexibility index (Phi) is 8.47. The second-order valence-corrected chi connectivity index (χ2v) is 7.97. The SMILES string of the molecule is COc1ccc(NCCNC(=O)C(NC(=O)c2cccc(C)c2)C(C)c2ccccc2)cc1. The van der Waals surface area contributed by atoms with Crippen LogP contribution in [0, 0.1) is 6.92 Å². The van der Waals surface area contributed by atoms with Crippen LogP contribution < -0.4 is 20.7 Å². The Morgan fingerprint density at radius 3 is 2.30 bits per heavy atom. The molecule has 0 aromatic heterocycles. The van der Waals surface area contributed by atoms with Crippen molar-refractivity contribution < 1.29 is 14.3 Å². The first-order valence-corrected chi connectivity index (χ1v) is 11.1. The summed E-state index contributed by atoms with van der Waals surface area (Å²) in [4.78, 5) is 26.0. The molecule has 0 aliphatic carbocycles. The molecule has 0 spiro atoms. The van der Waals surface area contributed by atoms with Gasteiger partial charge in [0.05, 0.1) is 7.11 Å². The maximum atomic E-state index is 13.1. The summed E-state index contributed by atoms with van der Waals surface area (Å²) in [6.07, 6.45) is 0. The van der Waals surface area contributed by atoms with Gasteiger partial charge in [0.25, 0.3) is 5.91 Å². The molecule has 0 fully saturated rings. The standard InChI is InChI=1S/C27H31N3O3/c1-19-8-7-11-22(18-19)26(31)30-25(20(2)21-9-5-4-6-10-21)27(32)29-17-16-28-23-12-14-24(33-3)15-13-23/h4-15,18,20,25,28H,16-17H2,1-3H3,(H,29,32)(H,30,31). The molecule has 0 bridgehead atoms. The van der Waals surface area contributed by atoms with E-state index in [0.717, 1.165) is 22.6 Å². The van der Waals surface area contributed by atoms with Crippen LogP contribution in [-0.2, 0) is 4.79 Å². The fraction of sp³-hybridized carbons (Fsp3) is 0.259. The zero-order valence-electron chi connectivity index (χ0n) is 19.3. The Morgan fingerprint density at radius 1 is 0.909 bits per heavy atom. The molecule has 3 rings (SSSR count). The van der Waals surface area contributed by atoms with Crippen LogP contribution in [0.15, 0.2) is 78.9 Å². The monoisotopic (exact) mass is 445 g/mol. The van der Waals surface area contributed by atoms with Gasteiger partial charge in [0.1, 0.15) is 11.8 Å². The summed E-state index contributed by atoms with van der Waals surface area (Å²) in [5.41, 5.74) is 3.45. The number of hydrogen-bond donors (Lipinski definition) is 3. The highest BCUT2D eigenvalue weighted by atomic mass is 16.5. The first-order chi connectivity index (χ1) is 16.0. The lowest BCUT2D eigenvalue weighted by atomic mass is 9.92. The Bertz CT molecular complexity index is 1050. The van der Waals surface area contributed by atoms with Gasteiger partial charge in [0.15, 0.2) is 0 Å². The molecule has 0 heterocycles. The van der Waals surface area contributed by atoms with Gasteiger partial charge in [0.2, 0.25) is 5.91 Å². The number of benzene rings is 3. The lowest BCUT2D eigenvalue weighted by Gasteiger charge is -2.25. The van der Waals surface area contributed by atoms with Gasteiger partial charge in [0, 0.05) is 30.3 Å². The highest BCUT2D eigenvalue weighted by Crippen LogP contribution is 2.20. The van der Waals surface area contributed by atoms with Crippen LogP contribution in [0.25, 0.3) is 0 Å². The first-order valence-electron chi connectivity index (χ1n) is 11.1. The molecule has 0 aliphatic rings. The smallest absolute Gasteiger partial charge is 0.251 e. The molecular weight excluding hydrogens is 414 g/mol. The zero-order chi connectivity index (χ0) is 23.6. The van der Waals surface area contributed by atoms with Crippen molar-refractivity contribution >= 4 is 17.5 Å². The van der Waals surface area contributed by atoms with Crippen molar-refractivity contribution in [1.82, 2.24) is 10.6 Å². The van der Waals surface area contributed by atoms with Gasteiger partial charge in [-0.25, -0.2) is 0 Å². The Hall–Kier alpha value is -3.80. The molecular formula is C27H31N3O3. The van der Waals surface area contributed by atoms with E-state index in [-0.39, 0.29) is 17.7 Å². The number of rotatable bonds is 10. The average Bonchev–Trinajstić information content (AvgIpc) is 2.85. The fourth-order valence-corrected chi connectivity index (χ4v) is 3.59. The number of methoxy groups -OCH3 is 1.